The average Bonchev–Trinajstić information content (AvgIpc) is 2.43. The van der Waals surface area contributed by atoms with Crippen LogP contribution in [-0.2, 0) is 0 Å². The van der Waals surface area contributed by atoms with Crippen molar-refractivity contribution in [1.29, 1.82) is 0 Å². The lowest BCUT2D eigenvalue weighted by molar-refractivity contribution is 0.210. The smallest absolute Gasteiger partial charge is 0.00161 e. The summed E-state index contributed by atoms with van der Waals surface area (Å²) in [5.74, 6) is 1.08. The first kappa shape index (κ1) is 19.0. The lowest BCUT2D eigenvalue weighted by Crippen LogP contribution is -2.29. The van der Waals surface area contributed by atoms with Crippen LogP contribution in [0.1, 0.15) is 104 Å². The Labute approximate surface area is 134 Å². The first-order valence-electron chi connectivity index (χ1n) is 10.1. The van der Waals surface area contributed by atoms with Gasteiger partial charge in [-0.15, -0.1) is 0 Å². The van der Waals surface area contributed by atoms with Gasteiger partial charge >= 0.3 is 0 Å². The van der Waals surface area contributed by atoms with Crippen LogP contribution in [0.2, 0.25) is 0 Å². The van der Waals surface area contributed by atoms with E-state index in [1.165, 1.54) is 110 Å². The zero-order valence-electron chi connectivity index (χ0n) is 15.0. The van der Waals surface area contributed by atoms with E-state index in [1.807, 2.05) is 0 Å². The summed E-state index contributed by atoms with van der Waals surface area (Å²) in [6.45, 7) is 8.68. The second kappa shape index (κ2) is 13.6. The SMILES string of the molecule is CCCCCCCCCCCN(CCC)CCC1CCC1. The van der Waals surface area contributed by atoms with Gasteiger partial charge in [-0.05, 0) is 44.8 Å². The van der Waals surface area contributed by atoms with E-state index in [1.54, 1.807) is 0 Å². The third-order valence-electron chi connectivity index (χ3n) is 5.20. The van der Waals surface area contributed by atoms with Crippen LogP contribution in [0, 0.1) is 5.92 Å². The molecule has 0 saturated heterocycles. The predicted molar refractivity (Wildman–Crippen MR) is 95.9 cm³/mol. The number of hydrogen-bond donors (Lipinski definition) is 0. The minimum absolute atomic E-state index is 1.08. The van der Waals surface area contributed by atoms with E-state index in [-0.39, 0.29) is 0 Å². The summed E-state index contributed by atoms with van der Waals surface area (Å²) in [4.78, 5) is 2.74. The van der Waals surface area contributed by atoms with Crippen molar-refractivity contribution in [1.82, 2.24) is 4.90 Å². The van der Waals surface area contributed by atoms with Gasteiger partial charge in [-0.2, -0.15) is 0 Å². The van der Waals surface area contributed by atoms with E-state index in [4.69, 9.17) is 0 Å². The number of unbranched alkanes of at least 4 members (excludes halogenated alkanes) is 8. The Morgan fingerprint density at radius 3 is 1.81 bits per heavy atom. The van der Waals surface area contributed by atoms with Crippen LogP contribution in [0.25, 0.3) is 0 Å². The molecule has 0 aromatic rings. The number of rotatable bonds is 15. The highest BCUT2D eigenvalue weighted by Gasteiger charge is 2.17. The highest BCUT2D eigenvalue weighted by molar-refractivity contribution is 4.71. The molecular weight excluding hydrogens is 254 g/mol. The van der Waals surface area contributed by atoms with Gasteiger partial charge < -0.3 is 4.90 Å². The fourth-order valence-corrected chi connectivity index (χ4v) is 3.44. The monoisotopic (exact) mass is 295 g/mol. The third kappa shape index (κ3) is 10.3. The molecule has 1 nitrogen and oxygen atoms in total. The molecule has 0 unspecified atom stereocenters. The maximum Gasteiger partial charge on any atom is -0.00161 e. The van der Waals surface area contributed by atoms with E-state index in [9.17, 15) is 0 Å². The molecule has 1 aliphatic carbocycles. The summed E-state index contributed by atoms with van der Waals surface area (Å²) in [5, 5.41) is 0. The Hall–Kier alpha value is -0.0400. The Morgan fingerprint density at radius 1 is 0.667 bits per heavy atom. The molecule has 0 aliphatic heterocycles. The second-order valence-corrected chi connectivity index (χ2v) is 7.26. The average molecular weight is 296 g/mol. The summed E-state index contributed by atoms with van der Waals surface area (Å²) in [7, 11) is 0. The first-order chi connectivity index (χ1) is 10.4. The summed E-state index contributed by atoms with van der Waals surface area (Å²) in [6.07, 6.45) is 20.3. The van der Waals surface area contributed by atoms with Crippen molar-refractivity contribution in [3.8, 4) is 0 Å². The third-order valence-corrected chi connectivity index (χ3v) is 5.20. The molecule has 1 heteroatoms. The molecule has 0 aromatic heterocycles. The molecular formula is C20H41N. The molecule has 0 atom stereocenters. The van der Waals surface area contributed by atoms with Crippen LogP contribution in [0.5, 0.6) is 0 Å². The Bertz CT molecular complexity index is 210. The minimum atomic E-state index is 1.08. The van der Waals surface area contributed by atoms with Crippen molar-refractivity contribution in [3.05, 3.63) is 0 Å². The van der Waals surface area contributed by atoms with Gasteiger partial charge in [0.2, 0.25) is 0 Å². The largest absolute Gasteiger partial charge is 0.303 e. The van der Waals surface area contributed by atoms with E-state index in [2.05, 4.69) is 18.7 Å². The number of nitrogens with zero attached hydrogens (tertiary/aromatic N) is 1. The van der Waals surface area contributed by atoms with Crippen molar-refractivity contribution < 1.29 is 0 Å². The number of hydrogen-bond acceptors (Lipinski definition) is 1. The van der Waals surface area contributed by atoms with E-state index in [0.717, 1.165) is 5.92 Å². The van der Waals surface area contributed by atoms with Crippen molar-refractivity contribution >= 4 is 0 Å². The van der Waals surface area contributed by atoms with Gasteiger partial charge in [0.05, 0.1) is 0 Å². The lowest BCUT2D eigenvalue weighted by Gasteiger charge is -2.29. The summed E-state index contributed by atoms with van der Waals surface area (Å²) in [5.41, 5.74) is 0. The van der Waals surface area contributed by atoms with Crippen LogP contribution in [0.15, 0.2) is 0 Å². The van der Waals surface area contributed by atoms with Crippen LogP contribution in [0.3, 0.4) is 0 Å². The molecule has 126 valence electrons. The molecule has 0 spiro atoms. The molecule has 1 aliphatic rings. The maximum atomic E-state index is 2.74. The van der Waals surface area contributed by atoms with E-state index >= 15 is 0 Å². The molecule has 0 bridgehead atoms. The van der Waals surface area contributed by atoms with Crippen LogP contribution in [-0.4, -0.2) is 24.5 Å². The summed E-state index contributed by atoms with van der Waals surface area (Å²) >= 11 is 0. The Morgan fingerprint density at radius 2 is 1.29 bits per heavy atom. The lowest BCUT2D eigenvalue weighted by atomic mass is 9.83. The van der Waals surface area contributed by atoms with Gasteiger partial charge in [0.25, 0.3) is 0 Å². The minimum Gasteiger partial charge on any atom is -0.303 e. The zero-order chi connectivity index (χ0) is 15.2. The molecule has 0 N–H and O–H groups in total. The van der Waals surface area contributed by atoms with E-state index in [0.29, 0.717) is 0 Å². The van der Waals surface area contributed by atoms with Gasteiger partial charge in [0, 0.05) is 0 Å². The quantitative estimate of drug-likeness (QED) is 0.315. The molecule has 0 radical (unpaired) electrons. The van der Waals surface area contributed by atoms with Gasteiger partial charge in [-0.25, -0.2) is 0 Å². The van der Waals surface area contributed by atoms with Crippen molar-refractivity contribution in [2.75, 3.05) is 19.6 Å². The van der Waals surface area contributed by atoms with E-state index < -0.39 is 0 Å². The normalized spacial score (nSPS) is 15.6. The Kier molecular flexibility index (Phi) is 12.3. The van der Waals surface area contributed by atoms with Crippen LogP contribution < -0.4 is 0 Å². The molecule has 21 heavy (non-hydrogen) atoms. The molecule has 1 rings (SSSR count). The standard InChI is InChI=1S/C20H41N/c1-3-5-6-7-8-9-10-11-12-18-21(17-4-2)19-16-20-14-13-15-20/h20H,3-19H2,1-2H3. The highest BCUT2D eigenvalue weighted by Crippen LogP contribution is 2.29. The topological polar surface area (TPSA) is 3.24 Å². The van der Waals surface area contributed by atoms with Gasteiger partial charge in [0.1, 0.15) is 0 Å². The van der Waals surface area contributed by atoms with Crippen LogP contribution in [0.4, 0.5) is 0 Å². The Balaban J connectivity index is 1.89. The molecule has 0 aromatic carbocycles. The van der Waals surface area contributed by atoms with Crippen LogP contribution >= 0.6 is 0 Å². The fraction of sp³-hybridized carbons (Fsp3) is 1.00. The summed E-state index contributed by atoms with van der Waals surface area (Å²) in [6, 6.07) is 0. The molecule has 0 amide bonds. The predicted octanol–water partition coefficient (Wildman–Crippen LogP) is 6.42. The molecule has 1 saturated carbocycles. The molecule has 0 heterocycles. The fourth-order valence-electron chi connectivity index (χ4n) is 3.44. The highest BCUT2D eigenvalue weighted by atomic mass is 15.1. The molecule has 1 fully saturated rings. The van der Waals surface area contributed by atoms with Gasteiger partial charge in [0.15, 0.2) is 0 Å². The van der Waals surface area contributed by atoms with Crippen molar-refractivity contribution in [3.63, 3.8) is 0 Å². The van der Waals surface area contributed by atoms with Gasteiger partial charge in [-0.3, -0.25) is 0 Å². The van der Waals surface area contributed by atoms with Crippen molar-refractivity contribution in [2.24, 2.45) is 5.92 Å². The second-order valence-electron chi connectivity index (χ2n) is 7.26. The maximum absolute atomic E-state index is 2.74. The summed E-state index contributed by atoms with van der Waals surface area (Å²) < 4.78 is 0. The zero-order valence-corrected chi connectivity index (χ0v) is 15.0. The first-order valence-corrected chi connectivity index (χ1v) is 10.1. The van der Waals surface area contributed by atoms with Crippen molar-refractivity contribution in [2.45, 2.75) is 104 Å². The van der Waals surface area contributed by atoms with Gasteiger partial charge in [-0.1, -0.05) is 84.5 Å².